The Kier molecular flexibility index (Phi) is 3.73. The van der Waals surface area contributed by atoms with Crippen molar-refractivity contribution < 1.29 is 10.2 Å². The number of aromatic hydroxyl groups is 2. The first-order chi connectivity index (χ1) is 14.5. The molecule has 0 radical (unpaired) electrons. The fourth-order valence-corrected chi connectivity index (χ4v) is 5.53. The van der Waals surface area contributed by atoms with Gasteiger partial charge in [-0.2, -0.15) is 0 Å². The summed E-state index contributed by atoms with van der Waals surface area (Å²) in [6.45, 7) is 6.11. The normalized spacial score (nSPS) is 21.1. The first-order valence-electron chi connectivity index (χ1n) is 10.7. The number of phenolic OH excluding ortho intramolecular Hbond substituents is 2. The van der Waals surface area contributed by atoms with Crippen LogP contribution >= 0.6 is 0 Å². The van der Waals surface area contributed by atoms with E-state index in [-0.39, 0.29) is 23.6 Å². The van der Waals surface area contributed by atoms with Gasteiger partial charge in [0.1, 0.15) is 11.5 Å². The van der Waals surface area contributed by atoms with Crippen molar-refractivity contribution in [3.63, 3.8) is 0 Å². The number of aromatic amines is 2. The monoisotopic (exact) mass is 402 g/mol. The Hall–Kier alpha value is -2.96. The molecule has 0 saturated carbocycles. The van der Waals surface area contributed by atoms with Gasteiger partial charge >= 0.3 is 0 Å². The van der Waals surface area contributed by atoms with Crippen LogP contribution in [-0.4, -0.2) is 33.3 Å². The molecule has 0 bridgehead atoms. The summed E-state index contributed by atoms with van der Waals surface area (Å²) in [6.07, 6.45) is 1.78. The molecular formula is C24H26N4O2. The van der Waals surface area contributed by atoms with Crippen LogP contribution in [0, 0.1) is 0 Å². The minimum atomic E-state index is 0.204. The molecule has 2 aromatic heterocycles. The Morgan fingerprint density at radius 3 is 1.57 bits per heavy atom. The minimum Gasteiger partial charge on any atom is -0.507 e. The molecular weight excluding hydrogens is 376 g/mol. The van der Waals surface area contributed by atoms with Crippen LogP contribution in [0.25, 0.3) is 32.9 Å². The Bertz CT molecular complexity index is 1210. The fourth-order valence-electron chi connectivity index (χ4n) is 5.53. The van der Waals surface area contributed by atoms with E-state index in [1.54, 1.807) is 12.1 Å². The van der Waals surface area contributed by atoms with Gasteiger partial charge in [0.2, 0.25) is 0 Å². The predicted molar refractivity (Wildman–Crippen MR) is 119 cm³/mol. The molecule has 4 aromatic rings. The van der Waals surface area contributed by atoms with Crippen LogP contribution in [-0.2, 0) is 12.8 Å². The van der Waals surface area contributed by atoms with Gasteiger partial charge < -0.3 is 30.8 Å². The molecule has 6 N–H and O–H groups in total. The fraction of sp³-hybridized carbons (Fsp3) is 0.333. The van der Waals surface area contributed by atoms with E-state index in [0.29, 0.717) is 0 Å². The summed E-state index contributed by atoms with van der Waals surface area (Å²) in [5.41, 5.74) is 8.27. The van der Waals surface area contributed by atoms with Crippen molar-refractivity contribution >= 4 is 21.8 Å². The standard InChI is InChI=1S/C24H26N4O2/c1-11-23-13(7-9-25-11)19-15(27-23)3-5-17(29)21(19)22-18(30)6-4-16-20(22)14-8-10-26-12(2)24(14)28-16/h3-6,11-12,25-30H,7-10H2,1-2H3. The van der Waals surface area contributed by atoms with E-state index in [2.05, 4.69) is 34.4 Å². The van der Waals surface area contributed by atoms with E-state index in [0.717, 1.165) is 58.9 Å². The van der Waals surface area contributed by atoms with Crippen LogP contribution in [0.2, 0.25) is 0 Å². The Labute approximate surface area is 174 Å². The Balaban J connectivity index is 1.75. The molecule has 30 heavy (non-hydrogen) atoms. The third-order valence-corrected chi connectivity index (χ3v) is 6.93. The zero-order valence-electron chi connectivity index (χ0n) is 17.2. The van der Waals surface area contributed by atoms with Gasteiger partial charge in [0.05, 0.1) is 0 Å². The molecule has 6 heteroatoms. The molecule has 0 fully saturated rings. The summed E-state index contributed by atoms with van der Waals surface area (Å²) in [5.74, 6) is 0.408. The number of nitrogens with one attached hydrogen (secondary N) is 4. The zero-order chi connectivity index (χ0) is 20.6. The van der Waals surface area contributed by atoms with Crippen molar-refractivity contribution in [2.24, 2.45) is 0 Å². The predicted octanol–water partition coefficient (Wildman–Crippen LogP) is 4.14. The van der Waals surface area contributed by atoms with Crippen LogP contribution in [0.1, 0.15) is 48.4 Å². The second kappa shape index (κ2) is 6.27. The molecule has 6 rings (SSSR count). The highest BCUT2D eigenvalue weighted by atomic mass is 16.3. The van der Waals surface area contributed by atoms with Crippen LogP contribution < -0.4 is 10.6 Å². The maximum atomic E-state index is 11.1. The molecule has 6 nitrogen and oxygen atoms in total. The third-order valence-electron chi connectivity index (χ3n) is 6.93. The Morgan fingerprint density at radius 1 is 0.700 bits per heavy atom. The van der Waals surface area contributed by atoms with E-state index < -0.39 is 0 Å². The second-order valence-corrected chi connectivity index (χ2v) is 8.65. The lowest BCUT2D eigenvalue weighted by atomic mass is 9.89. The number of fused-ring (bicyclic) bond motifs is 6. The number of benzene rings is 2. The van der Waals surface area contributed by atoms with Crippen molar-refractivity contribution in [1.82, 2.24) is 20.6 Å². The van der Waals surface area contributed by atoms with Gasteiger partial charge in [-0.05, 0) is 75.2 Å². The minimum absolute atomic E-state index is 0.204. The van der Waals surface area contributed by atoms with Crippen molar-refractivity contribution in [2.45, 2.75) is 38.8 Å². The molecule has 2 atom stereocenters. The number of phenols is 2. The maximum absolute atomic E-state index is 11.1. The molecule has 2 aromatic carbocycles. The largest absolute Gasteiger partial charge is 0.507 e. The molecule has 2 aliphatic heterocycles. The van der Waals surface area contributed by atoms with Crippen molar-refractivity contribution in [3.05, 3.63) is 46.8 Å². The highest BCUT2D eigenvalue weighted by Gasteiger charge is 2.29. The lowest BCUT2D eigenvalue weighted by Gasteiger charge is -2.22. The first kappa shape index (κ1) is 17.9. The van der Waals surface area contributed by atoms with E-state index in [4.69, 9.17) is 0 Å². The molecule has 2 aliphatic rings. The van der Waals surface area contributed by atoms with E-state index >= 15 is 0 Å². The molecule has 2 unspecified atom stereocenters. The summed E-state index contributed by atoms with van der Waals surface area (Å²) in [4.78, 5) is 7.12. The van der Waals surface area contributed by atoms with Gasteiger partial charge in [0, 0.05) is 56.4 Å². The molecule has 0 saturated heterocycles. The molecule has 4 heterocycles. The van der Waals surface area contributed by atoms with Crippen molar-refractivity contribution in [2.75, 3.05) is 13.1 Å². The van der Waals surface area contributed by atoms with E-state index in [1.807, 2.05) is 12.1 Å². The van der Waals surface area contributed by atoms with Crippen molar-refractivity contribution in [3.8, 4) is 22.6 Å². The number of rotatable bonds is 1. The number of H-pyrrole nitrogens is 2. The van der Waals surface area contributed by atoms with E-state index in [1.165, 1.54) is 22.5 Å². The second-order valence-electron chi connectivity index (χ2n) is 8.65. The zero-order valence-corrected chi connectivity index (χ0v) is 17.2. The topological polar surface area (TPSA) is 96.1 Å². The van der Waals surface area contributed by atoms with E-state index in [9.17, 15) is 10.2 Å². The smallest absolute Gasteiger partial charge is 0.124 e. The highest BCUT2D eigenvalue weighted by molar-refractivity contribution is 6.11. The summed E-state index contributed by atoms with van der Waals surface area (Å²) >= 11 is 0. The molecule has 0 amide bonds. The summed E-state index contributed by atoms with van der Waals surface area (Å²) < 4.78 is 0. The van der Waals surface area contributed by atoms with Gasteiger partial charge in [-0.3, -0.25) is 0 Å². The molecule has 154 valence electrons. The van der Waals surface area contributed by atoms with Crippen LogP contribution in [0.5, 0.6) is 11.5 Å². The summed E-state index contributed by atoms with van der Waals surface area (Å²) in [7, 11) is 0. The third kappa shape index (κ3) is 2.32. The lowest BCUT2D eigenvalue weighted by molar-refractivity contribution is 0.470. The number of aromatic nitrogens is 2. The number of hydrogen-bond acceptors (Lipinski definition) is 4. The van der Waals surface area contributed by atoms with Crippen LogP contribution in [0.4, 0.5) is 0 Å². The van der Waals surface area contributed by atoms with Gasteiger partial charge in [-0.15, -0.1) is 0 Å². The molecule has 0 spiro atoms. The average molecular weight is 402 g/mol. The summed E-state index contributed by atoms with van der Waals surface area (Å²) in [6, 6.07) is 7.81. The van der Waals surface area contributed by atoms with Gasteiger partial charge in [-0.1, -0.05) is 0 Å². The molecule has 0 aliphatic carbocycles. The van der Waals surface area contributed by atoms with Gasteiger partial charge in [0.15, 0.2) is 0 Å². The van der Waals surface area contributed by atoms with Crippen LogP contribution in [0.3, 0.4) is 0 Å². The number of hydrogen-bond donors (Lipinski definition) is 6. The van der Waals surface area contributed by atoms with Gasteiger partial charge in [0.25, 0.3) is 0 Å². The maximum Gasteiger partial charge on any atom is 0.124 e. The lowest BCUT2D eigenvalue weighted by Crippen LogP contribution is -2.27. The average Bonchev–Trinajstić information content (AvgIpc) is 3.30. The summed E-state index contributed by atoms with van der Waals surface area (Å²) in [5, 5.41) is 31.2. The van der Waals surface area contributed by atoms with Crippen LogP contribution in [0.15, 0.2) is 24.3 Å². The SMILES string of the molecule is CC1NCCc2c1[nH]c1ccc(O)c(-c3c(O)ccc4[nH]c5c(c34)CCNC5C)c21. The van der Waals surface area contributed by atoms with Gasteiger partial charge in [-0.25, -0.2) is 0 Å². The quantitative estimate of drug-likeness (QED) is 0.288. The highest BCUT2D eigenvalue weighted by Crippen LogP contribution is 2.48. The van der Waals surface area contributed by atoms with Crippen molar-refractivity contribution in [1.29, 1.82) is 0 Å². The Morgan fingerprint density at radius 2 is 1.13 bits per heavy atom. The first-order valence-corrected chi connectivity index (χ1v) is 10.7.